The number of allylic oxidation sites excluding steroid dienone is 1. The Hall–Kier alpha value is -2.80. The Bertz CT molecular complexity index is 1130. The first-order valence-electron chi connectivity index (χ1n) is 12.1. The Morgan fingerprint density at radius 3 is 2.54 bits per heavy atom. The number of esters is 1. The van der Waals surface area contributed by atoms with E-state index >= 15 is 0 Å². The number of ether oxygens (including phenoxy) is 1. The van der Waals surface area contributed by atoms with E-state index in [2.05, 4.69) is 26.9 Å². The van der Waals surface area contributed by atoms with Crippen LogP contribution in [-0.4, -0.2) is 59.7 Å². The van der Waals surface area contributed by atoms with Crippen LogP contribution in [0, 0.1) is 12.3 Å². The van der Waals surface area contributed by atoms with Crippen LogP contribution in [-0.2, 0) is 4.74 Å². The molecule has 0 saturated carbocycles. The van der Waals surface area contributed by atoms with Crippen molar-refractivity contribution >= 4 is 29.2 Å². The SMILES string of the molecule is CSC(=CC(=O)c1cccc(C(=O)OC(C)(C)C)c1)N1CCCC2(C1)CN(c1ccnc(C)c1)C2. The van der Waals surface area contributed by atoms with E-state index in [0.717, 1.165) is 43.3 Å². The molecule has 2 saturated heterocycles. The number of benzene rings is 1. The van der Waals surface area contributed by atoms with Gasteiger partial charge in [0.2, 0.25) is 0 Å². The molecule has 0 atom stereocenters. The lowest BCUT2D eigenvalue weighted by Crippen LogP contribution is -2.62. The third kappa shape index (κ3) is 6.07. The summed E-state index contributed by atoms with van der Waals surface area (Å²) in [6.45, 7) is 11.5. The van der Waals surface area contributed by atoms with Crippen molar-refractivity contribution in [3.05, 3.63) is 70.5 Å². The molecule has 6 nitrogen and oxygen atoms in total. The Kier molecular flexibility index (Phi) is 7.27. The maximum Gasteiger partial charge on any atom is 0.338 e. The fraction of sp³-hybridized carbons (Fsp3) is 0.464. The summed E-state index contributed by atoms with van der Waals surface area (Å²) in [7, 11) is 0. The Labute approximate surface area is 212 Å². The molecule has 1 aromatic carbocycles. The van der Waals surface area contributed by atoms with E-state index in [1.165, 1.54) is 12.1 Å². The maximum absolute atomic E-state index is 13.1. The lowest BCUT2D eigenvalue weighted by molar-refractivity contribution is 0.00695. The smallest absolute Gasteiger partial charge is 0.338 e. The summed E-state index contributed by atoms with van der Waals surface area (Å²) < 4.78 is 5.46. The Balaban J connectivity index is 1.44. The minimum atomic E-state index is -0.583. The summed E-state index contributed by atoms with van der Waals surface area (Å²) in [5.41, 5.74) is 2.83. The Morgan fingerprint density at radius 2 is 1.86 bits per heavy atom. The summed E-state index contributed by atoms with van der Waals surface area (Å²) in [5.74, 6) is -0.514. The van der Waals surface area contributed by atoms with E-state index in [0.29, 0.717) is 11.1 Å². The maximum atomic E-state index is 13.1. The van der Waals surface area contributed by atoms with Crippen LogP contribution in [0.5, 0.6) is 0 Å². The number of hydrogen-bond donors (Lipinski definition) is 0. The third-order valence-corrected chi connectivity index (χ3v) is 7.31. The van der Waals surface area contributed by atoms with Gasteiger partial charge in [-0.05, 0) is 71.1 Å². The van der Waals surface area contributed by atoms with Crippen LogP contribution in [0.2, 0.25) is 0 Å². The lowest BCUT2D eigenvalue weighted by atomic mass is 9.73. The number of piperidine rings is 1. The first kappa shape index (κ1) is 25.3. The molecule has 0 unspecified atom stereocenters. The van der Waals surface area contributed by atoms with Gasteiger partial charge < -0.3 is 14.5 Å². The quantitative estimate of drug-likeness (QED) is 0.306. The minimum Gasteiger partial charge on any atom is -0.456 e. The molecule has 1 spiro atoms. The normalized spacial score (nSPS) is 17.8. The molecule has 2 aromatic rings. The molecule has 4 rings (SSSR count). The van der Waals surface area contributed by atoms with Gasteiger partial charge in [0.15, 0.2) is 5.78 Å². The number of carbonyl (C=O) groups excluding carboxylic acids is 2. The summed E-state index contributed by atoms with van der Waals surface area (Å²) in [6.07, 6.45) is 7.94. The summed E-state index contributed by atoms with van der Waals surface area (Å²) in [6, 6.07) is 11.0. The van der Waals surface area contributed by atoms with E-state index in [4.69, 9.17) is 4.74 Å². The van der Waals surface area contributed by atoms with Crippen LogP contribution < -0.4 is 4.90 Å². The second kappa shape index (κ2) is 10.1. The first-order valence-corrected chi connectivity index (χ1v) is 13.4. The standard InChI is InChI=1S/C28H35N3O3S/c1-20-14-23(10-12-29-20)31-18-28(19-31)11-7-13-30(17-28)25(35-5)16-24(32)21-8-6-9-22(15-21)26(33)34-27(2,3)4/h6,8-10,12,14-16H,7,11,13,17-19H2,1-5H3. The van der Waals surface area contributed by atoms with Crippen LogP contribution in [0.25, 0.3) is 0 Å². The average molecular weight is 494 g/mol. The van der Waals surface area contributed by atoms with Gasteiger partial charge in [0.1, 0.15) is 5.60 Å². The van der Waals surface area contributed by atoms with Crippen LogP contribution in [0.3, 0.4) is 0 Å². The number of likely N-dealkylation sites (tertiary alicyclic amines) is 1. The fourth-order valence-electron chi connectivity index (χ4n) is 4.94. The van der Waals surface area contributed by atoms with Gasteiger partial charge in [-0.25, -0.2) is 4.79 Å². The van der Waals surface area contributed by atoms with Crippen molar-refractivity contribution in [3.63, 3.8) is 0 Å². The van der Waals surface area contributed by atoms with Crippen molar-refractivity contribution in [2.24, 2.45) is 5.41 Å². The van der Waals surface area contributed by atoms with E-state index < -0.39 is 11.6 Å². The monoisotopic (exact) mass is 493 g/mol. The highest BCUT2D eigenvalue weighted by Crippen LogP contribution is 2.43. The fourth-order valence-corrected chi connectivity index (χ4v) is 5.58. The number of hydrogen-bond acceptors (Lipinski definition) is 7. The van der Waals surface area contributed by atoms with Gasteiger partial charge in [-0.1, -0.05) is 12.1 Å². The van der Waals surface area contributed by atoms with Gasteiger partial charge >= 0.3 is 5.97 Å². The summed E-state index contributed by atoms with van der Waals surface area (Å²) in [4.78, 5) is 34.7. The van der Waals surface area contributed by atoms with Crippen molar-refractivity contribution in [3.8, 4) is 0 Å². The first-order chi connectivity index (χ1) is 16.6. The van der Waals surface area contributed by atoms with Crippen molar-refractivity contribution in [2.75, 3.05) is 37.3 Å². The molecule has 3 heterocycles. The van der Waals surface area contributed by atoms with Crippen molar-refractivity contribution in [2.45, 2.75) is 46.1 Å². The van der Waals surface area contributed by atoms with E-state index in [1.54, 1.807) is 42.1 Å². The number of nitrogens with zero attached hydrogens (tertiary/aromatic N) is 3. The predicted octanol–water partition coefficient (Wildman–Crippen LogP) is 5.33. The molecule has 0 amide bonds. The predicted molar refractivity (Wildman–Crippen MR) is 142 cm³/mol. The molecule has 2 fully saturated rings. The van der Waals surface area contributed by atoms with Gasteiger partial charge in [0.05, 0.1) is 10.6 Å². The highest BCUT2D eigenvalue weighted by molar-refractivity contribution is 8.02. The molecule has 7 heteroatoms. The number of aromatic nitrogens is 1. The van der Waals surface area contributed by atoms with Gasteiger partial charge in [-0.3, -0.25) is 9.78 Å². The zero-order valence-electron chi connectivity index (χ0n) is 21.3. The molecule has 186 valence electrons. The molecule has 2 aliphatic heterocycles. The second-order valence-corrected chi connectivity index (χ2v) is 11.5. The van der Waals surface area contributed by atoms with Crippen LogP contribution in [0.1, 0.15) is 60.0 Å². The lowest BCUT2D eigenvalue weighted by Gasteiger charge is -2.56. The van der Waals surface area contributed by atoms with Crippen LogP contribution in [0.15, 0.2) is 53.7 Å². The molecule has 0 aliphatic carbocycles. The number of thioether (sulfide) groups is 1. The number of aryl methyl sites for hydroxylation is 1. The van der Waals surface area contributed by atoms with Crippen LogP contribution in [0.4, 0.5) is 5.69 Å². The topological polar surface area (TPSA) is 62.7 Å². The molecular weight excluding hydrogens is 458 g/mol. The van der Waals surface area contributed by atoms with Crippen molar-refractivity contribution in [1.29, 1.82) is 0 Å². The second-order valence-electron chi connectivity index (χ2n) is 10.7. The van der Waals surface area contributed by atoms with E-state index in [1.807, 2.05) is 40.1 Å². The molecule has 2 aliphatic rings. The number of ketones is 1. The highest BCUT2D eigenvalue weighted by Gasteiger charge is 2.46. The van der Waals surface area contributed by atoms with Crippen molar-refractivity contribution in [1.82, 2.24) is 9.88 Å². The van der Waals surface area contributed by atoms with Crippen LogP contribution >= 0.6 is 11.8 Å². The third-order valence-electron chi connectivity index (χ3n) is 6.52. The minimum absolute atomic E-state index is 0.0955. The Morgan fingerprint density at radius 1 is 1.11 bits per heavy atom. The van der Waals surface area contributed by atoms with Crippen molar-refractivity contribution < 1.29 is 14.3 Å². The summed E-state index contributed by atoms with van der Waals surface area (Å²) in [5, 5.41) is 0.981. The molecule has 0 N–H and O–H groups in total. The van der Waals surface area contributed by atoms with Gasteiger partial charge in [0.25, 0.3) is 0 Å². The zero-order valence-corrected chi connectivity index (χ0v) is 22.2. The molecule has 0 radical (unpaired) electrons. The molecule has 1 aromatic heterocycles. The molecule has 35 heavy (non-hydrogen) atoms. The largest absolute Gasteiger partial charge is 0.456 e. The van der Waals surface area contributed by atoms with E-state index in [-0.39, 0.29) is 11.2 Å². The van der Waals surface area contributed by atoms with E-state index in [9.17, 15) is 9.59 Å². The summed E-state index contributed by atoms with van der Waals surface area (Å²) >= 11 is 1.60. The number of rotatable bonds is 6. The number of pyridine rings is 1. The highest BCUT2D eigenvalue weighted by atomic mass is 32.2. The number of anilines is 1. The van der Waals surface area contributed by atoms with Gasteiger partial charge in [0, 0.05) is 60.8 Å². The van der Waals surface area contributed by atoms with Gasteiger partial charge in [-0.15, -0.1) is 11.8 Å². The zero-order chi connectivity index (χ0) is 25.2. The number of carbonyl (C=O) groups is 2. The molecular formula is C28H35N3O3S. The average Bonchev–Trinajstić information content (AvgIpc) is 2.80. The van der Waals surface area contributed by atoms with Gasteiger partial charge in [-0.2, -0.15) is 0 Å². The molecule has 0 bridgehead atoms.